The summed E-state index contributed by atoms with van der Waals surface area (Å²) >= 11 is 1.66. The number of rotatable bonds is 4. The SMILES string of the molecule is Cc1nc(-c2ccc(NC(C)C(C)(C)O)cc2)cs1. The molecule has 2 N–H and O–H groups in total. The van der Waals surface area contributed by atoms with E-state index in [-0.39, 0.29) is 6.04 Å². The van der Waals surface area contributed by atoms with E-state index in [0.29, 0.717) is 0 Å². The molecule has 3 nitrogen and oxygen atoms in total. The molecule has 2 aromatic rings. The fraction of sp³-hybridized carbons (Fsp3) is 0.400. The van der Waals surface area contributed by atoms with E-state index < -0.39 is 5.60 Å². The minimum Gasteiger partial charge on any atom is -0.388 e. The summed E-state index contributed by atoms with van der Waals surface area (Å²) < 4.78 is 0. The topological polar surface area (TPSA) is 45.2 Å². The van der Waals surface area contributed by atoms with Gasteiger partial charge in [0.2, 0.25) is 0 Å². The number of thiazole rings is 1. The summed E-state index contributed by atoms with van der Waals surface area (Å²) in [6.45, 7) is 7.58. The van der Waals surface area contributed by atoms with Crippen LogP contribution in [0.15, 0.2) is 29.6 Å². The zero-order valence-corrected chi connectivity index (χ0v) is 12.6. The van der Waals surface area contributed by atoms with Gasteiger partial charge < -0.3 is 10.4 Å². The number of anilines is 1. The highest BCUT2D eigenvalue weighted by atomic mass is 32.1. The quantitative estimate of drug-likeness (QED) is 0.895. The molecule has 0 aliphatic heterocycles. The number of aryl methyl sites for hydroxylation is 1. The molecule has 1 heterocycles. The van der Waals surface area contributed by atoms with Gasteiger partial charge in [-0.2, -0.15) is 0 Å². The maximum absolute atomic E-state index is 9.91. The molecule has 0 bridgehead atoms. The van der Waals surface area contributed by atoms with Gasteiger partial charge in [0.25, 0.3) is 0 Å². The van der Waals surface area contributed by atoms with Gasteiger partial charge in [0.15, 0.2) is 0 Å². The van der Waals surface area contributed by atoms with Gasteiger partial charge in [0.1, 0.15) is 0 Å². The van der Waals surface area contributed by atoms with Crippen LogP contribution in [-0.4, -0.2) is 21.7 Å². The Balaban J connectivity index is 2.11. The molecule has 102 valence electrons. The summed E-state index contributed by atoms with van der Waals surface area (Å²) in [5.74, 6) is 0. The third kappa shape index (κ3) is 3.55. The average Bonchev–Trinajstić information content (AvgIpc) is 2.75. The highest BCUT2D eigenvalue weighted by Crippen LogP contribution is 2.24. The van der Waals surface area contributed by atoms with E-state index in [1.807, 2.05) is 38.1 Å². The van der Waals surface area contributed by atoms with E-state index in [2.05, 4.69) is 15.7 Å². The molecule has 0 saturated heterocycles. The summed E-state index contributed by atoms with van der Waals surface area (Å²) in [5.41, 5.74) is 2.39. The van der Waals surface area contributed by atoms with Gasteiger partial charge in [0, 0.05) is 16.6 Å². The molecule has 1 aromatic heterocycles. The van der Waals surface area contributed by atoms with Crippen molar-refractivity contribution in [3.8, 4) is 11.3 Å². The summed E-state index contributed by atoms with van der Waals surface area (Å²) in [6.07, 6.45) is 0. The molecular weight excluding hydrogens is 256 g/mol. The summed E-state index contributed by atoms with van der Waals surface area (Å²) in [6, 6.07) is 8.13. The number of nitrogens with zero attached hydrogens (tertiary/aromatic N) is 1. The predicted molar refractivity (Wildman–Crippen MR) is 81.7 cm³/mol. The molecule has 19 heavy (non-hydrogen) atoms. The maximum Gasteiger partial charge on any atom is 0.0901 e. The molecule has 1 atom stereocenters. The zero-order chi connectivity index (χ0) is 14.0. The summed E-state index contributed by atoms with van der Waals surface area (Å²) in [7, 11) is 0. The van der Waals surface area contributed by atoms with Gasteiger partial charge in [-0.15, -0.1) is 11.3 Å². The Bertz CT molecular complexity index is 540. The molecule has 1 unspecified atom stereocenters. The van der Waals surface area contributed by atoms with Crippen molar-refractivity contribution in [3.05, 3.63) is 34.7 Å². The van der Waals surface area contributed by atoms with Gasteiger partial charge in [-0.3, -0.25) is 0 Å². The number of nitrogens with one attached hydrogen (secondary N) is 1. The molecule has 0 aliphatic rings. The fourth-order valence-corrected chi connectivity index (χ4v) is 2.28. The Morgan fingerprint density at radius 3 is 2.37 bits per heavy atom. The van der Waals surface area contributed by atoms with Crippen LogP contribution in [0, 0.1) is 6.92 Å². The van der Waals surface area contributed by atoms with Crippen molar-refractivity contribution in [2.75, 3.05) is 5.32 Å². The lowest BCUT2D eigenvalue weighted by molar-refractivity contribution is 0.0649. The third-order valence-corrected chi connectivity index (χ3v) is 4.02. The van der Waals surface area contributed by atoms with E-state index in [1.165, 1.54) is 0 Å². The number of hydrogen-bond acceptors (Lipinski definition) is 4. The van der Waals surface area contributed by atoms with E-state index in [9.17, 15) is 5.11 Å². The van der Waals surface area contributed by atoms with Crippen LogP contribution in [-0.2, 0) is 0 Å². The molecule has 0 spiro atoms. The van der Waals surface area contributed by atoms with Gasteiger partial charge in [-0.1, -0.05) is 12.1 Å². The van der Waals surface area contributed by atoms with Crippen LogP contribution in [0.2, 0.25) is 0 Å². The highest BCUT2D eigenvalue weighted by Gasteiger charge is 2.21. The van der Waals surface area contributed by atoms with Crippen LogP contribution in [0.25, 0.3) is 11.3 Å². The molecule has 0 radical (unpaired) electrons. The number of benzene rings is 1. The molecule has 0 fully saturated rings. The largest absolute Gasteiger partial charge is 0.388 e. The number of hydrogen-bond donors (Lipinski definition) is 2. The van der Waals surface area contributed by atoms with E-state index in [4.69, 9.17) is 0 Å². The average molecular weight is 276 g/mol. The number of aromatic nitrogens is 1. The van der Waals surface area contributed by atoms with Crippen molar-refractivity contribution >= 4 is 17.0 Å². The molecule has 1 aromatic carbocycles. The lowest BCUT2D eigenvalue weighted by atomic mass is 10.0. The van der Waals surface area contributed by atoms with Crippen LogP contribution in [0.4, 0.5) is 5.69 Å². The second-order valence-corrected chi connectivity index (χ2v) is 6.41. The van der Waals surface area contributed by atoms with Crippen molar-refractivity contribution < 1.29 is 5.11 Å². The Hall–Kier alpha value is -1.39. The second-order valence-electron chi connectivity index (χ2n) is 5.35. The highest BCUT2D eigenvalue weighted by molar-refractivity contribution is 7.09. The number of aliphatic hydroxyl groups is 1. The van der Waals surface area contributed by atoms with Crippen molar-refractivity contribution in [1.82, 2.24) is 4.98 Å². The minimum atomic E-state index is -0.745. The Morgan fingerprint density at radius 2 is 1.89 bits per heavy atom. The monoisotopic (exact) mass is 276 g/mol. The van der Waals surface area contributed by atoms with Crippen molar-refractivity contribution in [3.63, 3.8) is 0 Å². The minimum absolute atomic E-state index is 0.0140. The van der Waals surface area contributed by atoms with Gasteiger partial charge in [-0.25, -0.2) is 4.98 Å². The predicted octanol–water partition coefficient (Wildman–Crippen LogP) is 3.69. The Morgan fingerprint density at radius 1 is 1.26 bits per heavy atom. The van der Waals surface area contributed by atoms with E-state index >= 15 is 0 Å². The van der Waals surface area contributed by atoms with Gasteiger partial charge in [-0.05, 0) is 39.8 Å². The van der Waals surface area contributed by atoms with Crippen LogP contribution in [0.3, 0.4) is 0 Å². The molecule has 0 saturated carbocycles. The van der Waals surface area contributed by atoms with Crippen LogP contribution >= 0.6 is 11.3 Å². The smallest absolute Gasteiger partial charge is 0.0901 e. The van der Waals surface area contributed by atoms with Crippen LogP contribution in [0.5, 0.6) is 0 Å². The van der Waals surface area contributed by atoms with Crippen LogP contribution in [0.1, 0.15) is 25.8 Å². The molecule has 2 rings (SSSR count). The summed E-state index contributed by atoms with van der Waals surface area (Å²) in [4.78, 5) is 4.47. The van der Waals surface area contributed by atoms with E-state index in [0.717, 1.165) is 22.0 Å². The molecular formula is C15H20N2OS. The lowest BCUT2D eigenvalue weighted by Gasteiger charge is -2.27. The molecule has 0 amide bonds. The van der Waals surface area contributed by atoms with Crippen molar-refractivity contribution in [2.24, 2.45) is 0 Å². The molecule has 0 aliphatic carbocycles. The first kappa shape index (κ1) is 14.0. The lowest BCUT2D eigenvalue weighted by Crippen LogP contribution is -2.39. The first-order valence-corrected chi connectivity index (χ1v) is 7.26. The molecule has 4 heteroatoms. The van der Waals surface area contributed by atoms with E-state index in [1.54, 1.807) is 25.2 Å². The van der Waals surface area contributed by atoms with Gasteiger partial charge >= 0.3 is 0 Å². The zero-order valence-electron chi connectivity index (χ0n) is 11.8. The van der Waals surface area contributed by atoms with Crippen molar-refractivity contribution in [1.29, 1.82) is 0 Å². The third-order valence-electron chi connectivity index (χ3n) is 3.24. The summed E-state index contributed by atoms with van der Waals surface area (Å²) in [5, 5.41) is 16.4. The Labute approximate surface area is 118 Å². The fourth-order valence-electron chi connectivity index (χ4n) is 1.66. The first-order chi connectivity index (χ1) is 8.86. The van der Waals surface area contributed by atoms with Crippen molar-refractivity contribution in [2.45, 2.75) is 39.3 Å². The standard InChI is InChI=1S/C15H20N2OS/c1-10(15(3,4)18)16-13-7-5-12(6-8-13)14-9-19-11(2)17-14/h5-10,16,18H,1-4H3. The maximum atomic E-state index is 9.91. The Kier molecular flexibility index (Phi) is 3.92. The first-order valence-electron chi connectivity index (χ1n) is 6.38. The van der Waals surface area contributed by atoms with Crippen LogP contribution < -0.4 is 5.32 Å². The second kappa shape index (κ2) is 5.31. The normalized spacial score (nSPS) is 13.3. The van der Waals surface area contributed by atoms with Gasteiger partial charge in [0.05, 0.1) is 22.3 Å².